The van der Waals surface area contributed by atoms with Crippen molar-refractivity contribution in [1.29, 1.82) is 0 Å². The van der Waals surface area contributed by atoms with Gasteiger partial charge in [0, 0.05) is 18.4 Å². The van der Waals surface area contributed by atoms with Gasteiger partial charge in [-0.3, -0.25) is 9.59 Å². The molecule has 0 bridgehead atoms. The van der Waals surface area contributed by atoms with Crippen LogP contribution in [0.4, 0.5) is 0 Å². The number of Topliss-reactive ketones (excluding diaryl/α,β-unsaturated/α-hetero) is 1. The molecule has 0 aliphatic carbocycles. The number of carbonyl (C=O) groups excluding carboxylic acids is 2. The summed E-state index contributed by atoms with van der Waals surface area (Å²) < 4.78 is 5.20. The number of ether oxygens (including phenoxy) is 1. The first-order valence-electron chi connectivity index (χ1n) is 7.55. The second-order valence-corrected chi connectivity index (χ2v) is 5.59. The maximum atomic E-state index is 12.4. The third kappa shape index (κ3) is 5.92. The highest BCUT2D eigenvalue weighted by Crippen LogP contribution is 2.31. The van der Waals surface area contributed by atoms with Crippen molar-refractivity contribution in [1.82, 2.24) is 0 Å². The van der Waals surface area contributed by atoms with E-state index in [4.69, 9.17) is 16.3 Å². The molecule has 122 valence electrons. The number of hydrogen-bond acceptors (Lipinski definition) is 3. The highest BCUT2D eigenvalue weighted by molar-refractivity contribution is 6.30. The van der Waals surface area contributed by atoms with Crippen molar-refractivity contribution in [2.45, 2.75) is 33.6 Å². The summed E-state index contributed by atoms with van der Waals surface area (Å²) in [5, 5.41) is 0.627. The summed E-state index contributed by atoms with van der Waals surface area (Å²) in [7, 11) is 0. The number of hydrogen-bond donors (Lipinski definition) is 0. The molecule has 1 aromatic rings. The van der Waals surface area contributed by atoms with Gasteiger partial charge in [-0.05, 0) is 37.0 Å². The lowest BCUT2D eigenvalue weighted by atomic mass is 9.81. The van der Waals surface area contributed by atoms with Gasteiger partial charge in [0.25, 0.3) is 0 Å². The molecule has 4 heteroatoms. The largest absolute Gasteiger partial charge is 0.465 e. The molecule has 0 spiro atoms. The summed E-state index contributed by atoms with van der Waals surface area (Å²) in [6.07, 6.45) is 4.39. The SMILES string of the molecule is CCOC(=O)C(/C=C/c1cccc(Cl)c1)(CC)CC#CC(C)=O. The molecule has 0 N–H and O–H groups in total. The van der Waals surface area contributed by atoms with E-state index < -0.39 is 5.41 Å². The van der Waals surface area contributed by atoms with Crippen LogP contribution in [-0.4, -0.2) is 18.4 Å². The fraction of sp³-hybridized carbons (Fsp3) is 0.368. The smallest absolute Gasteiger partial charge is 0.316 e. The molecular formula is C19H21ClO3. The van der Waals surface area contributed by atoms with E-state index in [1.54, 1.807) is 19.1 Å². The molecule has 0 aromatic heterocycles. The molecule has 1 rings (SSSR count). The van der Waals surface area contributed by atoms with Crippen molar-refractivity contribution in [3.05, 3.63) is 40.9 Å². The first kappa shape index (κ1) is 19.0. The van der Waals surface area contributed by atoms with Crippen LogP contribution >= 0.6 is 11.6 Å². The minimum absolute atomic E-state index is 0.224. The van der Waals surface area contributed by atoms with Gasteiger partial charge in [-0.2, -0.15) is 0 Å². The lowest BCUT2D eigenvalue weighted by molar-refractivity contribution is -0.152. The Hall–Kier alpha value is -2.05. The second kappa shape index (κ2) is 9.17. The molecule has 0 saturated carbocycles. The summed E-state index contributed by atoms with van der Waals surface area (Å²) in [6, 6.07) is 7.34. The molecule has 0 aliphatic rings. The summed E-state index contributed by atoms with van der Waals surface area (Å²) in [4.78, 5) is 23.4. The molecule has 0 radical (unpaired) electrons. The fourth-order valence-electron chi connectivity index (χ4n) is 2.05. The lowest BCUT2D eigenvalue weighted by Gasteiger charge is -2.24. The number of esters is 1. The normalized spacial score (nSPS) is 13.0. The average Bonchev–Trinajstić information content (AvgIpc) is 2.51. The van der Waals surface area contributed by atoms with E-state index in [-0.39, 0.29) is 18.2 Å². The van der Waals surface area contributed by atoms with Crippen LogP contribution in [0.1, 0.15) is 39.2 Å². The minimum Gasteiger partial charge on any atom is -0.465 e. The molecule has 0 aliphatic heterocycles. The third-order valence-corrected chi connectivity index (χ3v) is 3.66. The van der Waals surface area contributed by atoms with Crippen LogP contribution < -0.4 is 0 Å². The van der Waals surface area contributed by atoms with E-state index in [9.17, 15) is 9.59 Å². The first-order chi connectivity index (χ1) is 10.9. The third-order valence-electron chi connectivity index (χ3n) is 3.42. The summed E-state index contributed by atoms with van der Waals surface area (Å²) in [6.45, 7) is 5.35. The Morgan fingerprint density at radius 1 is 1.35 bits per heavy atom. The van der Waals surface area contributed by atoms with Gasteiger partial charge in [0.1, 0.15) is 0 Å². The van der Waals surface area contributed by atoms with Gasteiger partial charge in [-0.15, -0.1) is 0 Å². The number of carbonyl (C=O) groups is 2. The number of benzene rings is 1. The summed E-state index contributed by atoms with van der Waals surface area (Å²) >= 11 is 5.97. The Morgan fingerprint density at radius 2 is 2.09 bits per heavy atom. The van der Waals surface area contributed by atoms with E-state index in [1.165, 1.54) is 6.92 Å². The highest BCUT2D eigenvalue weighted by Gasteiger charge is 2.34. The lowest BCUT2D eigenvalue weighted by Crippen LogP contribution is -2.30. The molecule has 3 nitrogen and oxygen atoms in total. The van der Waals surface area contributed by atoms with Crippen LogP contribution in [-0.2, 0) is 14.3 Å². The van der Waals surface area contributed by atoms with Crippen LogP contribution in [0.3, 0.4) is 0 Å². The van der Waals surface area contributed by atoms with Crippen LogP contribution in [0.2, 0.25) is 5.02 Å². The molecular weight excluding hydrogens is 312 g/mol. The van der Waals surface area contributed by atoms with Crippen molar-refractivity contribution in [3.8, 4) is 11.8 Å². The quantitative estimate of drug-likeness (QED) is 0.443. The molecule has 0 amide bonds. The van der Waals surface area contributed by atoms with Crippen LogP contribution in [0.15, 0.2) is 30.3 Å². The zero-order chi connectivity index (χ0) is 17.3. The van der Waals surface area contributed by atoms with Crippen LogP contribution in [0.5, 0.6) is 0 Å². The molecule has 23 heavy (non-hydrogen) atoms. The molecule has 1 unspecified atom stereocenters. The maximum absolute atomic E-state index is 12.4. The van der Waals surface area contributed by atoms with Crippen molar-refractivity contribution >= 4 is 29.4 Å². The maximum Gasteiger partial charge on any atom is 0.316 e. The number of halogens is 1. The van der Waals surface area contributed by atoms with Crippen LogP contribution in [0, 0.1) is 17.3 Å². The molecule has 1 aromatic carbocycles. The van der Waals surface area contributed by atoms with E-state index in [0.717, 1.165) is 5.56 Å². The molecule has 0 saturated heterocycles. The Bertz CT molecular complexity index is 652. The standard InChI is InChI=1S/C19H21ClO3/c1-4-19(18(22)23-5-2,12-7-8-15(3)21)13-11-16-9-6-10-17(20)14-16/h6,9-11,13-14H,4-5,12H2,1-3H3/b13-11+. The van der Waals surface area contributed by atoms with Crippen molar-refractivity contribution in [2.24, 2.45) is 5.41 Å². The number of ketones is 1. The van der Waals surface area contributed by atoms with E-state index in [0.29, 0.717) is 18.1 Å². The number of rotatable bonds is 6. The summed E-state index contributed by atoms with van der Waals surface area (Å²) in [5.41, 5.74) is 0.0139. The molecule has 0 fully saturated rings. The van der Waals surface area contributed by atoms with E-state index in [1.807, 2.05) is 31.2 Å². The second-order valence-electron chi connectivity index (χ2n) is 5.15. The topological polar surface area (TPSA) is 43.4 Å². The van der Waals surface area contributed by atoms with Gasteiger partial charge in [-0.25, -0.2) is 0 Å². The highest BCUT2D eigenvalue weighted by atomic mass is 35.5. The minimum atomic E-state index is -0.874. The van der Waals surface area contributed by atoms with E-state index in [2.05, 4.69) is 11.8 Å². The first-order valence-corrected chi connectivity index (χ1v) is 7.92. The van der Waals surface area contributed by atoms with Gasteiger partial charge >= 0.3 is 5.97 Å². The Kier molecular flexibility index (Phi) is 7.57. The van der Waals surface area contributed by atoms with Crippen LogP contribution in [0.25, 0.3) is 6.08 Å². The van der Waals surface area contributed by atoms with Crippen molar-refractivity contribution in [2.75, 3.05) is 6.61 Å². The van der Waals surface area contributed by atoms with E-state index >= 15 is 0 Å². The van der Waals surface area contributed by atoms with Gasteiger partial charge < -0.3 is 4.74 Å². The monoisotopic (exact) mass is 332 g/mol. The molecule has 1 atom stereocenters. The zero-order valence-corrected chi connectivity index (χ0v) is 14.4. The van der Waals surface area contributed by atoms with Gasteiger partial charge in [0.05, 0.1) is 12.0 Å². The predicted octanol–water partition coefficient (Wildman–Crippen LogP) is 4.30. The Labute approximate surface area is 142 Å². The Morgan fingerprint density at radius 3 is 2.65 bits per heavy atom. The van der Waals surface area contributed by atoms with Crippen molar-refractivity contribution < 1.29 is 14.3 Å². The van der Waals surface area contributed by atoms with Gasteiger partial charge in [0.15, 0.2) is 0 Å². The molecule has 0 heterocycles. The fourth-order valence-corrected chi connectivity index (χ4v) is 2.25. The zero-order valence-electron chi connectivity index (χ0n) is 13.7. The average molecular weight is 333 g/mol. The predicted molar refractivity (Wildman–Crippen MR) is 92.9 cm³/mol. The Balaban J connectivity index is 3.13. The van der Waals surface area contributed by atoms with Gasteiger partial charge in [0.2, 0.25) is 5.78 Å². The summed E-state index contributed by atoms with van der Waals surface area (Å²) in [5.74, 6) is 4.71. The van der Waals surface area contributed by atoms with Crippen molar-refractivity contribution in [3.63, 3.8) is 0 Å². The van der Waals surface area contributed by atoms with Gasteiger partial charge in [-0.1, -0.05) is 48.7 Å².